The van der Waals surface area contributed by atoms with Gasteiger partial charge in [0.2, 0.25) is 0 Å². The number of rotatable bonds is 7. The SMILES string of the molecule is COc1cnc(-c2cc(Cl)ccc2F)nc1Nc1ccncc1C(=O)N[C@@H]1C[C@H](C(=O)O)N(C(=O)OC(C)(C)C)C1. The smallest absolute Gasteiger partial charge is 0.411 e. The Balaban J connectivity index is 1.56. The van der Waals surface area contributed by atoms with Gasteiger partial charge in [-0.25, -0.2) is 23.9 Å². The summed E-state index contributed by atoms with van der Waals surface area (Å²) >= 11 is 6.03. The highest BCUT2D eigenvalue weighted by Crippen LogP contribution is 2.31. The summed E-state index contributed by atoms with van der Waals surface area (Å²) in [7, 11) is 1.40. The van der Waals surface area contributed by atoms with Gasteiger partial charge in [0, 0.05) is 36.4 Å². The van der Waals surface area contributed by atoms with Gasteiger partial charge in [-0.15, -0.1) is 0 Å². The minimum Gasteiger partial charge on any atom is -0.491 e. The number of benzene rings is 1. The van der Waals surface area contributed by atoms with Gasteiger partial charge >= 0.3 is 12.1 Å². The van der Waals surface area contributed by atoms with Crippen molar-refractivity contribution in [2.24, 2.45) is 0 Å². The van der Waals surface area contributed by atoms with Crippen molar-refractivity contribution in [3.63, 3.8) is 0 Å². The maximum absolute atomic E-state index is 14.5. The Morgan fingerprint density at radius 2 is 1.95 bits per heavy atom. The lowest BCUT2D eigenvalue weighted by Gasteiger charge is -2.26. The zero-order valence-electron chi connectivity index (χ0n) is 22.6. The minimum absolute atomic E-state index is 0.0162. The van der Waals surface area contributed by atoms with Gasteiger partial charge < -0.3 is 25.2 Å². The van der Waals surface area contributed by atoms with Crippen LogP contribution in [0, 0.1) is 5.82 Å². The fourth-order valence-corrected chi connectivity index (χ4v) is 4.35. The summed E-state index contributed by atoms with van der Waals surface area (Å²) in [6.45, 7) is 4.96. The highest BCUT2D eigenvalue weighted by molar-refractivity contribution is 6.30. The number of carbonyl (C=O) groups is 3. The average Bonchev–Trinajstić information content (AvgIpc) is 3.34. The number of hydrogen-bond acceptors (Lipinski definition) is 9. The first-order chi connectivity index (χ1) is 19.4. The van der Waals surface area contributed by atoms with Crippen molar-refractivity contribution in [1.29, 1.82) is 0 Å². The Morgan fingerprint density at radius 3 is 2.63 bits per heavy atom. The fraction of sp³-hybridized carbons (Fsp3) is 0.333. The third kappa shape index (κ3) is 6.98. The van der Waals surface area contributed by atoms with Crippen LogP contribution in [0.2, 0.25) is 5.02 Å². The van der Waals surface area contributed by atoms with Crippen LogP contribution in [-0.4, -0.2) is 74.3 Å². The van der Waals surface area contributed by atoms with Crippen LogP contribution >= 0.6 is 11.6 Å². The molecule has 1 aromatic carbocycles. The Hall–Kier alpha value is -4.52. The molecule has 12 nitrogen and oxygen atoms in total. The number of halogens is 2. The monoisotopic (exact) mass is 586 g/mol. The lowest BCUT2D eigenvalue weighted by molar-refractivity contribution is -0.142. The van der Waals surface area contributed by atoms with Crippen LogP contribution in [0.15, 0.2) is 42.9 Å². The lowest BCUT2D eigenvalue weighted by atomic mass is 10.1. The number of nitrogens with one attached hydrogen (secondary N) is 2. The molecule has 2 amide bonds. The lowest BCUT2D eigenvalue weighted by Crippen LogP contribution is -2.44. The van der Waals surface area contributed by atoms with E-state index >= 15 is 0 Å². The highest BCUT2D eigenvalue weighted by Gasteiger charge is 2.42. The molecule has 3 N–H and O–H groups in total. The summed E-state index contributed by atoms with van der Waals surface area (Å²) in [6.07, 6.45) is 3.32. The zero-order valence-corrected chi connectivity index (χ0v) is 23.4. The van der Waals surface area contributed by atoms with Gasteiger partial charge in [0.15, 0.2) is 17.4 Å². The Kier molecular flexibility index (Phi) is 8.57. The molecule has 0 bridgehead atoms. The van der Waals surface area contributed by atoms with E-state index in [0.717, 1.165) is 4.90 Å². The van der Waals surface area contributed by atoms with Crippen LogP contribution in [0.1, 0.15) is 37.6 Å². The Labute approximate surface area is 239 Å². The number of aliphatic carboxylic acids is 1. The summed E-state index contributed by atoms with van der Waals surface area (Å²) in [4.78, 5) is 51.4. The second-order valence-corrected chi connectivity index (χ2v) is 10.6. The van der Waals surface area contributed by atoms with E-state index in [4.69, 9.17) is 21.1 Å². The number of anilines is 2. The van der Waals surface area contributed by atoms with Crippen molar-refractivity contribution < 1.29 is 33.4 Å². The minimum atomic E-state index is -1.21. The van der Waals surface area contributed by atoms with Crippen LogP contribution in [0.5, 0.6) is 5.75 Å². The molecule has 0 unspecified atom stereocenters. The molecular weight excluding hydrogens is 559 g/mol. The van der Waals surface area contributed by atoms with Crippen LogP contribution < -0.4 is 15.4 Å². The van der Waals surface area contributed by atoms with Crippen molar-refractivity contribution >= 4 is 41.1 Å². The standard InChI is InChI=1S/C27H28ClFN6O6/c1-27(2,3)41-26(39)35-13-15(10-20(35)25(37)38)32-24(36)17-11-30-8-7-19(17)33-23-21(40-4)12-31-22(34-23)16-9-14(28)5-6-18(16)29/h5-9,11-12,15,20H,10,13H2,1-4H3,(H,32,36)(H,37,38)(H,30,31,33,34)/t15-,20-/m1/s1. The predicted octanol–water partition coefficient (Wildman–Crippen LogP) is 4.28. The number of nitrogens with zero attached hydrogens (tertiary/aromatic N) is 4. The molecule has 2 aromatic heterocycles. The largest absolute Gasteiger partial charge is 0.491 e. The molecular formula is C27H28ClFN6O6. The van der Waals surface area contributed by atoms with Gasteiger partial charge in [-0.05, 0) is 45.0 Å². The number of pyridine rings is 1. The van der Waals surface area contributed by atoms with Crippen molar-refractivity contribution in [2.75, 3.05) is 19.0 Å². The quantitative estimate of drug-likeness (QED) is 0.365. The molecule has 2 atom stereocenters. The summed E-state index contributed by atoms with van der Waals surface area (Å²) in [5, 5.41) is 15.7. The van der Waals surface area contributed by atoms with E-state index in [1.165, 1.54) is 50.0 Å². The zero-order chi connectivity index (χ0) is 29.9. The van der Waals surface area contributed by atoms with Gasteiger partial charge in [-0.1, -0.05) is 11.6 Å². The van der Waals surface area contributed by atoms with Crippen molar-refractivity contribution in [1.82, 2.24) is 25.2 Å². The Morgan fingerprint density at radius 1 is 1.20 bits per heavy atom. The van der Waals surface area contributed by atoms with Crippen LogP contribution in [0.4, 0.5) is 20.7 Å². The number of carbonyl (C=O) groups excluding carboxylic acids is 2. The van der Waals surface area contributed by atoms with E-state index in [-0.39, 0.29) is 47.2 Å². The van der Waals surface area contributed by atoms with E-state index in [2.05, 4.69) is 25.6 Å². The number of amides is 2. The molecule has 4 rings (SSSR count). The number of likely N-dealkylation sites (tertiary alicyclic amines) is 1. The molecule has 1 aliphatic rings. The second kappa shape index (κ2) is 11.9. The molecule has 1 aliphatic heterocycles. The predicted molar refractivity (Wildman–Crippen MR) is 147 cm³/mol. The molecule has 1 saturated heterocycles. The van der Waals surface area contributed by atoms with Gasteiger partial charge in [-0.3, -0.25) is 14.7 Å². The van der Waals surface area contributed by atoms with E-state index in [1.54, 1.807) is 20.8 Å². The van der Waals surface area contributed by atoms with Crippen molar-refractivity contribution in [3.8, 4) is 17.1 Å². The van der Waals surface area contributed by atoms with E-state index in [1.807, 2.05) is 0 Å². The summed E-state index contributed by atoms with van der Waals surface area (Å²) in [6, 6.07) is 3.68. The first-order valence-corrected chi connectivity index (χ1v) is 12.8. The molecule has 14 heteroatoms. The number of carboxylic acids is 1. The van der Waals surface area contributed by atoms with E-state index in [9.17, 15) is 23.9 Å². The number of ether oxygens (including phenoxy) is 2. The summed E-state index contributed by atoms with van der Waals surface area (Å²) < 4.78 is 25.2. The third-order valence-electron chi connectivity index (χ3n) is 6.01. The second-order valence-electron chi connectivity index (χ2n) is 10.2. The number of aromatic nitrogens is 3. The molecule has 0 saturated carbocycles. The van der Waals surface area contributed by atoms with Crippen LogP contribution in [-0.2, 0) is 9.53 Å². The van der Waals surface area contributed by atoms with Gasteiger partial charge in [-0.2, -0.15) is 0 Å². The third-order valence-corrected chi connectivity index (χ3v) is 6.25. The molecule has 216 valence electrons. The molecule has 41 heavy (non-hydrogen) atoms. The normalized spacial score (nSPS) is 16.7. The highest BCUT2D eigenvalue weighted by atomic mass is 35.5. The molecule has 3 aromatic rings. The molecule has 0 radical (unpaired) electrons. The van der Waals surface area contributed by atoms with Crippen molar-refractivity contribution in [2.45, 2.75) is 44.9 Å². The van der Waals surface area contributed by atoms with Gasteiger partial charge in [0.1, 0.15) is 17.5 Å². The number of hydrogen-bond donors (Lipinski definition) is 3. The molecule has 1 fully saturated rings. The van der Waals surface area contributed by atoms with E-state index in [0.29, 0.717) is 5.02 Å². The average molecular weight is 587 g/mol. The maximum Gasteiger partial charge on any atom is 0.411 e. The maximum atomic E-state index is 14.5. The van der Waals surface area contributed by atoms with E-state index < -0.39 is 41.5 Å². The van der Waals surface area contributed by atoms with Crippen molar-refractivity contribution in [3.05, 3.63) is 59.3 Å². The first kappa shape index (κ1) is 29.5. The first-order valence-electron chi connectivity index (χ1n) is 12.5. The van der Waals surface area contributed by atoms with Gasteiger partial charge in [0.05, 0.1) is 30.1 Å². The molecule has 0 spiro atoms. The van der Waals surface area contributed by atoms with Gasteiger partial charge in [0.25, 0.3) is 5.91 Å². The number of methoxy groups -OCH3 is 1. The van der Waals surface area contributed by atoms with Crippen LogP contribution in [0.25, 0.3) is 11.4 Å². The summed E-state index contributed by atoms with van der Waals surface area (Å²) in [5.74, 6) is -1.98. The topological polar surface area (TPSA) is 156 Å². The summed E-state index contributed by atoms with van der Waals surface area (Å²) in [5.41, 5.74) is -0.368. The Bertz CT molecular complexity index is 1480. The number of carboxylic acid groups (broad SMARTS) is 1. The molecule has 0 aliphatic carbocycles. The fourth-order valence-electron chi connectivity index (χ4n) is 4.18. The van der Waals surface area contributed by atoms with Crippen LogP contribution in [0.3, 0.4) is 0 Å². The molecule has 3 heterocycles.